The van der Waals surface area contributed by atoms with Crippen molar-refractivity contribution in [3.63, 3.8) is 0 Å². The molecule has 6 heteroatoms. The zero-order valence-corrected chi connectivity index (χ0v) is 15.0. The zero-order valence-electron chi connectivity index (χ0n) is 15.0. The van der Waals surface area contributed by atoms with Crippen molar-refractivity contribution in [3.8, 4) is 11.5 Å². The molecular formula is C20H23N3O3. The van der Waals surface area contributed by atoms with Gasteiger partial charge in [-0.25, -0.2) is 0 Å². The van der Waals surface area contributed by atoms with E-state index in [9.17, 15) is 9.59 Å². The van der Waals surface area contributed by atoms with Gasteiger partial charge in [0.15, 0.2) is 0 Å². The van der Waals surface area contributed by atoms with E-state index >= 15 is 0 Å². The molecule has 136 valence electrons. The van der Waals surface area contributed by atoms with E-state index in [1.165, 1.54) is 0 Å². The van der Waals surface area contributed by atoms with Crippen LogP contribution in [0.5, 0.6) is 11.5 Å². The molecule has 1 fully saturated rings. The average molecular weight is 353 g/mol. The fourth-order valence-electron chi connectivity index (χ4n) is 3.16. The Morgan fingerprint density at radius 1 is 1.19 bits per heavy atom. The molecule has 0 bridgehead atoms. The van der Waals surface area contributed by atoms with Crippen LogP contribution in [0, 0.1) is 5.92 Å². The Morgan fingerprint density at radius 3 is 2.62 bits per heavy atom. The predicted molar refractivity (Wildman–Crippen MR) is 99.0 cm³/mol. The van der Waals surface area contributed by atoms with Crippen LogP contribution in [0.25, 0.3) is 0 Å². The number of benzene rings is 1. The van der Waals surface area contributed by atoms with Gasteiger partial charge in [0, 0.05) is 37.1 Å². The minimum Gasteiger partial charge on any atom is -0.457 e. The molecule has 0 spiro atoms. The van der Waals surface area contributed by atoms with Crippen molar-refractivity contribution < 1.29 is 14.3 Å². The first-order valence-corrected chi connectivity index (χ1v) is 8.83. The monoisotopic (exact) mass is 353 g/mol. The van der Waals surface area contributed by atoms with Crippen molar-refractivity contribution in [2.75, 3.05) is 11.9 Å². The van der Waals surface area contributed by atoms with Crippen LogP contribution in [-0.4, -0.2) is 34.3 Å². The molecule has 0 radical (unpaired) electrons. The molecule has 1 aromatic heterocycles. The maximum atomic E-state index is 12.8. The van der Waals surface area contributed by atoms with E-state index in [1.54, 1.807) is 41.6 Å². The SMILES string of the molecule is CC(C)C(C(=O)Nc1cccc(Oc2ccncc2)c1)N1CCCC1=O. The summed E-state index contributed by atoms with van der Waals surface area (Å²) in [5, 5.41) is 2.92. The van der Waals surface area contributed by atoms with Gasteiger partial charge in [-0.2, -0.15) is 0 Å². The molecule has 6 nitrogen and oxygen atoms in total. The number of carbonyl (C=O) groups is 2. The number of aromatic nitrogens is 1. The summed E-state index contributed by atoms with van der Waals surface area (Å²) in [5.41, 5.74) is 0.638. The van der Waals surface area contributed by atoms with E-state index in [1.807, 2.05) is 26.0 Å². The van der Waals surface area contributed by atoms with E-state index in [4.69, 9.17) is 4.74 Å². The van der Waals surface area contributed by atoms with Gasteiger partial charge in [0.2, 0.25) is 11.8 Å². The number of anilines is 1. The Kier molecular flexibility index (Phi) is 5.51. The van der Waals surface area contributed by atoms with Gasteiger partial charge in [-0.1, -0.05) is 19.9 Å². The maximum Gasteiger partial charge on any atom is 0.247 e. The molecule has 2 heterocycles. The van der Waals surface area contributed by atoms with Crippen LogP contribution in [0.1, 0.15) is 26.7 Å². The van der Waals surface area contributed by atoms with Crippen LogP contribution in [-0.2, 0) is 9.59 Å². The van der Waals surface area contributed by atoms with Crippen LogP contribution >= 0.6 is 0 Å². The Bertz CT molecular complexity index is 777. The Labute approximate surface area is 153 Å². The van der Waals surface area contributed by atoms with Crippen molar-refractivity contribution in [1.29, 1.82) is 0 Å². The molecule has 1 aliphatic heterocycles. The molecule has 0 saturated carbocycles. The van der Waals surface area contributed by atoms with Crippen molar-refractivity contribution >= 4 is 17.5 Å². The number of nitrogens with one attached hydrogen (secondary N) is 1. The standard InChI is InChI=1S/C20H23N3O3/c1-14(2)19(23-12-4-7-18(23)24)20(25)22-15-5-3-6-17(13-15)26-16-8-10-21-11-9-16/h3,5-6,8-11,13-14,19H,4,7,12H2,1-2H3,(H,22,25). The van der Waals surface area contributed by atoms with Gasteiger partial charge in [0.25, 0.3) is 0 Å². The third-order valence-electron chi connectivity index (χ3n) is 4.33. The number of hydrogen-bond acceptors (Lipinski definition) is 4. The Hall–Kier alpha value is -2.89. The van der Waals surface area contributed by atoms with Gasteiger partial charge in [0.05, 0.1) is 0 Å². The maximum absolute atomic E-state index is 12.8. The van der Waals surface area contributed by atoms with Gasteiger partial charge >= 0.3 is 0 Å². The largest absolute Gasteiger partial charge is 0.457 e. The summed E-state index contributed by atoms with van der Waals surface area (Å²) >= 11 is 0. The Morgan fingerprint density at radius 2 is 1.96 bits per heavy atom. The molecule has 1 aliphatic rings. The van der Waals surface area contributed by atoms with E-state index in [-0.39, 0.29) is 17.7 Å². The first-order valence-electron chi connectivity index (χ1n) is 8.83. The molecule has 1 saturated heterocycles. The summed E-state index contributed by atoms with van der Waals surface area (Å²) in [5.74, 6) is 1.21. The first-order chi connectivity index (χ1) is 12.5. The molecule has 26 heavy (non-hydrogen) atoms. The minimum atomic E-state index is -0.463. The van der Waals surface area contributed by atoms with Crippen LogP contribution in [0.2, 0.25) is 0 Å². The van der Waals surface area contributed by atoms with Crippen molar-refractivity contribution in [1.82, 2.24) is 9.88 Å². The number of pyridine rings is 1. The number of rotatable bonds is 6. The highest BCUT2D eigenvalue weighted by atomic mass is 16.5. The smallest absolute Gasteiger partial charge is 0.247 e. The fourth-order valence-corrected chi connectivity index (χ4v) is 3.16. The van der Waals surface area contributed by atoms with Gasteiger partial charge in [-0.3, -0.25) is 14.6 Å². The second kappa shape index (κ2) is 7.99. The molecule has 1 N–H and O–H groups in total. The van der Waals surface area contributed by atoms with Crippen LogP contribution in [0.3, 0.4) is 0 Å². The number of hydrogen-bond donors (Lipinski definition) is 1. The molecule has 1 unspecified atom stereocenters. The number of ether oxygens (including phenoxy) is 1. The highest BCUT2D eigenvalue weighted by Crippen LogP contribution is 2.25. The Balaban J connectivity index is 1.72. The van der Waals surface area contributed by atoms with Crippen LogP contribution in [0.4, 0.5) is 5.69 Å². The van der Waals surface area contributed by atoms with Crippen molar-refractivity contribution in [2.24, 2.45) is 5.92 Å². The highest BCUT2D eigenvalue weighted by Gasteiger charge is 2.34. The predicted octanol–water partition coefficient (Wildman–Crippen LogP) is 3.46. The second-order valence-corrected chi connectivity index (χ2v) is 6.68. The quantitative estimate of drug-likeness (QED) is 0.863. The van der Waals surface area contributed by atoms with E-state index < -0.39 is 6.04 Å². The van der Waals surface area contributed by atoms with Crippen LogP contribution < -0.4 is 10.1 Å². The van der Waals surface area contributed by atoms with Crippen molar-refractivity contribution in [3.05, 3.63) is 48.8 Å². The second-order valence-electron chi connectivity index (χ2n) is 6.68. The third-order valence-corrected chi connectivity index (χ3v) is 4.33. The number of amides is 2. The van der Waals surface area contributed by atoms with Gasteiger partial charge < -0.3 is 15.0 Å². The summed E-state index contributed by atoms with van der Waals surface area (Å²) in [6, 6.07) is 10.3. The zero-order chi connectivity index (χ0) is 18.5. The summed E-state index contributed by atoms with van der Waals surface area (Å²) in [6.07, 6.45) is 4.64. The fraction of sp³-hybridized carbons (Fsp3) is 0.350. The van der Waals surface area contributed by atoms with Crippen LogP contribution in [0.15, 0.2) is 48.8 Å². The summed E-state index contributed by atoms with van der Waals surface area (Å²) in [7, 11) is 0. The molecule has 2 amide bonds. The number of nitrogens with zero attached hydrogens (tertiary/aromatic N) is 2. The van der Waals surface area contributed by atoms with Gasteiger partial charge in [-0.15, -0.1) is 0 Å². The molecule has 0 aliphatic carbocycles. The van der Waals surface area contributed by atoms with E-state index in [0.717, 1.165) is 6.42 Å². The normalized spacial score (nSPS) is 15.2. The lowest BCUT2D eigenvalue weighted by molar-refractivity contribution is -0.136. The summed E-state index contributed by atoms with van der Waals surface area (Å²) in [6.45, 7) is 4.55. The minimum absolute atomic E-state index is 0.0355. The lowest BCUT2D eigenvalue weighted by Crippen LogP contribution is -2.47. The first kappa shape index (κ1) is 17.9. The molecule has 3 rings (SSSR count). The van der Waals surface area contributed by atoms with Gasteiger partial charge in [0.1, 0.15) is 17.5 Å². The van der Waals surface area contributed by atoms with Crippen molar-refractivity contribution in [2.45, 2.75) is 32.7 Å². The highest BCUT2D eigenvalue weighted by molar-refractivity contribution is 5.97. The van der Waals surface area contributed by atoms with E-state index in [2.05, 4.69) is 10.3 Å². The topological polar surface area (TPSA) is 71.5 Å². The number of carbonyl (C=O) groups excluding carboxylic acids is 2. The number of likely N-dealkylation sites (tertiary alicyclic amines) is 1. The molecule has 1 atom stereocenters. The lowest BCUT2D eigenvalue weighted by Gasteiger charge is -2.29. The third kappa shape index (κ3) is 4.20. The molecule has 1 aromatic carbocycles. The van der Waals surface area contributed by atoms with E-state index in [0.29, 0.717) is 30.2 Å². The average Bonchev–Trinajstić information content (AvgIpc) is 3.01. The molecular weight excluding hydrogens is 330 g/mol. The summed E-state index contributed by atoms with van der Waals surface area (Å²) < 4.78 is 5.77. The van der Waals surface area contributed by atoms with Gasteiger partial charge in [-0.05, 0) is 36.6 Å². The lowest BCUT2D eigenvalue weighted by atomic mass is 10.0. The molecule has 2 aromatic rings. The summed E-state index contributed by atoms with van der Waals surface area (Å²) in [4.78, 5) is 30.5.